The standard InChI is InChI=1S/C15H21NO3/c1-10(12-4-6-14(19-3)7-5-12)16-9-13(11(2)17)8-15(16)18/h4-7,10-11,13,17H,8-9H2,1-3H3/t10-,11-,13?/m1/s1. The average molecular weight is 263 g/mol. The van der Waals surface area contributed by atoms with Crippen LogP contribution in [0.1, 0.15) is 31.9 Å². The van der Waals surface area contributed by atoms with Crippen LogP contribution < -0.4 is 4.74 Å². The maximum absolute atomic E-state index is 12.0. The summed E-state index contributed by atoms with van der Waals surface area (Å²) >= 11 is 0. The second-order valence-electron chi connectivity index (χ2n) is 5.20. The molecule has 3 atom stereocenters. The second-order valence-corrected chi connectivity index (χ2v) is 5.20. The number of hydrogen-bond donors (Lipinski definition) is 1. The van der Waals surface area contributed by atoms with Gasteiger partial charge in [0, 0.05) is 18.9 Å². The number of aliphatic hydroxyl groups excluding tert-OH is 1. The lowest BCUT2D eigenvalue weighted by Crippen LogP contribution is -2.29. The Hall–Kier alpha value is -1.55. The zero-order chi connectivity index (χ0) is 14.0. The van der Waals surface area contributed by atoms with E-state index < -0.39 is 6.10 Å². The van der Waals surface area contributed by atoms with Crippen molar-refractivity contribution in [2.24, 2.45) is 5.92 Å². The Labute approximate surface area is 114 Å². The highest BCUT2D eigenvalue weighted by Gasteiger charge is 2.35. The van der Waals surface area contributed by atoms with Crippen LogP contribution in [0, 0.1) is 5.92 Å². The van der Waals surface area contributed by atoms with Gasteiger partial charge in [-0.05, 0) is 31.5 Å². The molecule has 4 heteroatoms. The smallest absolute Gasteiger partial charge is 0.223 e. The van der Waals surface area contributed by atoms with Crippen molar-refractivity contribution in [3.63, 3.8) is 0 Å². The van der Waals surface area contributed by atoms with E-state index in [1.807, 2.05) is 36.1 Å². The summed E-state index contributed by atoms with van der Waals surface area (Å²) in [7, 11) is 1.63. The summed E-state index contributed by atoms with van der Waals surface area (Å²) in [5, 5.41) is 9.61. The van der Waals surface area contributed by atoms with Gasteiger partial charge in [-0.15, -0.1) is 0 Å². The molecule has 1 unspecified atom stereocenters. The molecule has 1 aromatic rings. The quantitative estimate of drug-likeness (QED) is 0.903. The van der Waals surface area contributed by atoms with Crippen LogP contribution in [-0.4, -0.2) is 35.7 Å². The normalized spacial score (nSPS) is 22.4. The molecule has 0 aliphatic carbocycles. The summed E-state index contributed by atoms with van der Waals surface area (Å²) in [6, 6.07) is 7.79. The number of nitrogens with zero attached hydrogens (tertiary/aromatic N) is 1. The number of likely N-dealkylation sites (tertiary alicyclic amines) is 1. The minimum Gasteiger partial charge on any atom is -0.497 e. The minimum absolute atomic E-state index is 0.0298. The fourth-order valence-corrected chi connectivity index (χ4v) is 2.52. The van der Waals surface area contributed by atoms with Crippen LogP contribution in [0.15, 0.2) is 24.3 Å². The van der Waals surface area contributed by atoms with Crippen LogP contribution in [0.4, 0.5) is 0 Å². The van der Waals surface area contributed by atoms with Crippen molar-refractivity contribution < 1.29 is 14.6 Å². The van der Waals surface area contributed by atoms with Crippen LogP contribution in [0.2, 0.25) is 0 Å². The van der Waals surface area contributed by atoms with Crippen LogP contribution in [0.3, 0.4) is 0 Å². The monoisotopic (exact) mass is 263 g/mol. The van der Waals surface area contributed by atoms with Gasteiger partial charge in [0.2, 0.25) is 5.91 Å². The molecule has 0 radical (unpaired) electrons. The third kappa shape index (κ3) is 2.89. The number of benzene rings is 1. The first-order valence-electron chi connectivity index (χ1n) is 6.64. The average Bonchev–Trinajstić information content (AvgIpc) is 2.80. The molecule has 4 nitrogen and oxygen atoms in total. The van der Waals surface area contributed by atoms with E-state index in [4.69, 9.17) is 4.74 Å². The molecule has 0 aromatic heterocycles. The maximum atomic E-state index is 12.0. The van der Waals surface area contributed by atoms with Crippen LogP contribution in [-0.2, 0) is 4.79 Å². The molecule has 1 aliphatic rings. The number of aliphatic hydroxyl groups is 1. The topological polar surface area (TPSA) is 49.8 Å². The van der Waals surface area contributed by atoms with E-state index in [1.165, 1.54) is 0 Å². The highest BCUT2D eigenvalue weighted by molar-refractivity contribution is 5.79. The molecule has 19 heavy (non-hydrogen) atoms. The van der Waals surface area contributed by atoms with Crippen molar-refractivity contribution in [3.05, 3.63) is 29.8 Å². The Balaban J connectivity index is 2.10. The molecular formula is C15H21NO3. The molecule has 0 spiro atoms. The number of rotatable bonds is 4. The van der Waals surface area contributed by atoms with E-state index in [2.05, 4.69) is 0 Å². The highest BCUT2D eigenvalue weighted by atomic mass is 16.5. The highest BCUT2D eigenvalue weighted by Crippen LogP contribution is 2.30. The molecule has 1 amide bonds. The molecule has 1 N–H and O–H groups in total. The minimum atomic E-state index is -0.433. The molecular weight excluding hydrogens is 242 g/mol. The van der Waals surface area contributed by atoms with E-state index in [-0.39, 0.29) is 17.9 Å². The molecule has 1 heterocycles. The third-order valence-electron chi connectivity index (χ3n) is 3.94. The van der Waals surface area contributed by atoms with E-state index >= 15 is 0 Å². The maximum Gasteiger partial charge on any atom is 0.223 e. The Bertz CT molecular complexity index is 441. The van der Waals surface area contributed by atoms with Gasteiger partial charge in [-0.1, -0.05) is 12.1 Å². The van der Waals surface area contributed by atoms with Gasteiger partial charge in [0.1, 0.15) is 5.75 Å². The number of carbonyl (C=O) groups excluding carboxylic acids is 1. The van der Waals surface area contributed by atoms with Gasteiger partial charge < -0.3 is 14.7 Å². The number of carbonyl (C=O) groups is 1. The Kier molecular flexibility index (Phi) is 4.10. The van der Waals surface area contributed by atoms with E-state index in [1.54, 1.807) is 14.0 Å². The Morgan fingerprint density at radius 1 is 1.32 bits per heavy atom. The van der Waals surface area contributed by atoms with Gasteiger partial charge in [-0.2, -0.15) is 0 Å². The molecule has 2 rings (SSSR count). The van der Waals surface area contributed by atoms with Gasteiger partial charge in [-0.3, -0.25) is 4.79 Å². The molecule has 1 fully saturated rings. The van der Waals surface area contributed by atoms with Gasteiger partial charge in [-0.25, -0.2) is 0 Å². The first kappa shape index (κ1) is 13.9. The van der Waals surface area contributed by atoms with E-state index in [0.29, 0.717) is 13.0 Å². The molecule has 104 valence electrons. The predicted octanol–water partition coefficient (Wildman–Crippen LogP) is 1.99. The number of amides is 1. The van der Waals surface area contributed by atoms with Gasteiger partial charge >= 0.3 is 0 Å². The summed E-state index contributed by atoms with van der Waals surface area (Å²) in [6.07, 6.45) is 0.00930. The van der Waals surface area contributed by atoms with Gasteiger partial charge in [0.15, 0.2) is 0 Å². The van der Waals surface area contributed by atoms with E-state index in [0.717, 1.165) is 11.3 Å². The summed E-state index contributed by atoms with van der Waals surface area (Å²) in [6.45, 7) is 4.40. The largest absolute Gasteiger partial charge is 0.497 e. The van der Waals surface area contributed by atoms with Crippen molar-refractivity contribution >= 4 is 5.91 Å². The summed E-state index contributed by atoms with van der Waals surface area (Å²) in [4.78, 5) is 13.9. The van der Waals surface area contributed by atoms with Crippen molar-refractivity contribution in [2.45, 2.75) is 32.4 Å². The number of hydrogen-bond acceptors (Lipinski definition) is 3. The predicted molar refractivity (Wildman–Crippen MR) is 72.9 cm³/mol. The Morgan fingerprint density at radius 3 is 2.42 bits per heavy atom. The fraction of sp³-hybridized carbons (Fsp3) is 0.533. The molecule has 1 saturated heterocycles. The van der Waals surface area contributed by atoms with Crippen molar-refractivity contribution in [2.75, 3.05) is 13.7 Å². The fourth-order valence-electron chi connectivity index (χ4n) is 2.52. The van der Waals surface area contributed by atoms with Crippen molar-refractivity contribution in [1.29, 1.82) is 0 Å². The number of methoxy groups -OCH3 is 1. The zero-order valence-corrected chi connectivity index (χ0v) is 11.7. The Morgan fingerprint density at radius 2 is 1.95 bits per heavy atom. The second kappa shape index (κ2) is 5.61. The third-order valence-corrected chi connectivity index (χ3v) is 3.94. The SMILES string of the molecule is COc1ccc([C@@H](C)N2CC([C@@H](C)O)CC2=O)cc1. The van der Waals surface area contributed by atoms with Crippen LogP contribution in [0.5, 0.6) is 5.75 Å². The first-order chi connectivity index (χ1) is 9.02. The summed E-state index contributed by atoms with van der Waals surface area (Å²) < 4.78 is 5.13. The lowest BCUT2D eigenvalue weighted by molar-refractivity contribution is -0.129. The lowest BCUT2D eigenvalue weighted by Gasteiger charge is -2.25. The molecule has 1 aromatic carbocycles. The van der Waals surface area contributed by atoms with Crippen molar-refractivity contribution in [3.8, 4) is 5.75 Å². The van der Waals surface area contributed by atoms with Crippen LogP contribution in [0.25, 0.3) is 0 Å². The van der Waals surface area contributed by atoms with Gasteiger partial charge in [0.05, 0.1) is 19.3 Å². The summed E-state index contributed by atoms with van der Waals surface area (Å²) in [5.74, 6) is 0.980. The van der Waals surface area contributed by atoms with E-state index in [9.17, 15) is 9.90 Å². The number of ether oxygens (including phenoxy) is 1. The molecule has 1 aliphatic heterocycles. The molecule has 0 saturated carbocycles. The van der Waals surface area contributed by atoms with Gasteiger partial charge in [0.25, 0.3) is 0 Å². The zero-order valence-electron chi connectivity index (χ0n) is 11.7. The molecule has 0 bridgehead atoms. The summed E-state index contributed by atoms with van der Waals surface area (Å²) in [5.41, 5.74) is 1.08. The van der Waals surface area contributed by atoms with Crippen LogP contribution >= 0.6 is 0 Å². The van der Waals surface area contributed by atoms with Crippen molar-refractivity contribution in [1.82, 2.24) is 4.90 Å². The lowest BCUT2D eigenvalue weighted by atomic mass is 10.0. The first-order valence-corrected chi connectivity index (χ1v) is 6.64.